The third kappa shape index (κ3) is 3.35. The number of hydrogen-bond donors (Lipinski definition) is 2. The van der Waals surface area contributed by atoms with Crippen molar-refractivity contribution < 1.29 is 19.1 Å². The number of para-hydroxylation sites is 1. The maximum atomic E-state index is 13.4. The Morgan fingerprint density at radius 2 is 1.88 bits per heavy atom. The number of amides is 2. The molecule has 0 fully saturated rings. The second-order valence-electron chi connectivity index (χ2n) is 7.79. The van der Waals surface area contributed by atoms with Crippen LogP contribution in [0.25, 0.3) is 16.5 Å². The zero-order chi connectivity index (χ0) is 22.4. The lowest BCUT2D eigenvalue weighted by molar-refractivity contribution is -0.136. The molecule has 0 radical (unpaired) electrons. The van der Waals surface area contributed by atoms with Gasteiger partial charge in [0.05, 0.1) is 5.57 Å². The lowest BCUT2D eigenvalue weighted by Crippen LogP contribution is -2.34. The Morgan fingerprint density at radius 1 is 1.00 bits per heavy atom. The van der Waals surface area contributed by atoms with E-state index >= 15 is 0 Å². The van der Waals surface area contributed by atoms with Crippen molar-refractivity contribution in [2.75, 3.05) is 18.7 Å². The minimum absolute atomic E-state index is 0.168. The van der Waals surface area contributed by atoms with Crippen molar-refractivity contribution in [2.45, 2.75) is 6.42 Å². The van der Waals surface area contributed by atoms with Crippen LogP contribution < -0.4 is 14.8 Å². The molecule has 4 heterocycles. The van der Waals surface area contributed by atoms with Gasteiger partial charge in [0.2, 0.25) is 6.79 Å². The van der Waals surface area contributed by atoms with E-state index in [4.69, 9.17) is 9.47 Å². The quantitative estimate of drug-likeness (QED) is 0.420. The number of hydrogen-bond acceptors (Lipinski definition) is 6. The molecule has 2 amide bonds. The molecule has 0 spiro atoms. The monoisotopic (exact) mass is 457 g/mol. The van der Waals surface area contributed by atoms with Crippen LogP contribution in [0.15, 0.2) is 71.9 Å². The molecule has 0 saturated carbocycles. The number of nitrogens with zero attached hydrogens (tertiary/aromatic N) is 1. The van der Waals surface area contributed by atoms with Gasteiger partial charge in [-0.25, -0.2) is 0 Å². The molecule has 4 aromatic rings. The summed E-state index contributed by atoms with van der Waals surface area (Å²) in [5.74, 6) is 0.639. The van der Waals surface area contributed by atoms with Gasteiger partial charge in [0.25, 0.3) is 11.8 Å². The fourth-order valence-corrected chi connectivity index (χ4v) is 5.00. The minimum atomic E-state index is -0.332. The summed E-state index contributed by atoms with van der Waals surface area (Å²) >= 11 is 1.43. The van der Waals surface area contributed by atoms with E-state index in [2.05, 4.69) is 10.3 Å². The number of benzene rings is 2. The minimum Gasteiger partial charge on any atom is -0.454 e. The zero-order valence-corrected chi connectivity index (χ0v) is 18.3. The average Bonchev–Trinajstić information content (AvgIpc) is 3.61. The Balaban J connectivity index is 1.30. The summed E-state index contributed by atoms with van der Waals surface area (Å²) in [5, 5.41) is 6.17. The molecular formula is C25H19N3O4S. The van der Waals surface area contributed by atoms with E-state index in [0.717, 1.165) is 21.3 Å². The normalized spacial score (nSPS) is 15.2. The topological polar surface area (TPSA) is 83.7 Å². The fourth-order valence-electron chi connectivity index (χ4n) is 4.23. The molecule has 6 rings (SSSR count). The van der Waals surface area contributed by atoms with Crippen LogP contribution in [0.1, 0.15) is 10.4 Å². The van der Waals surface area contributed by atoms with Crippen molar-refractivity contribution in [2.24, 2.45) is 0 Å². The van der Waals surface area contributed by atoms with Crippen molar-refractivity contribution in [1.82, 2.24) is 9.88 Å². The molecule has 8 heteroatoms. The number of aromatic nitrogens is 1. The highest BCUT2D eigenvalue weighted by molar-refractivity contribution is 7.11. The number of nitrogens with one attached hydrogen (secondary N) is 2. The largest absolute Gasteiger partial charge is 0.454 e. The molecule has 0 atom stereocenters. The van der Waals surface area contributed by atoms with Crippen molar-refractivity contribution >= 4 is 45.3 Å². The Bertz CT molecular complexity index is 1420. The number of H-pyrrole nitrogens is 1. The van der Waals surface area contributed by atoms with Gasteiger partial charge >= 0.3 is 0 Å². The number of thiophene rings is 1. The summed E-state index contributed by atoms with van der Waals surface area (Å²) in [5.41, 5.74) is 3.44. The molecule has 0 saturated heterocycles. The first-order valence-corrected chi connectivity index (χ1v) is 11.4. The molecule has 33 heavy (non-hydrogen) atoms. The first-order valence-electron chi connectivity index (χ1n) is 10.5. The number of aromatic amines is 1. The van der Waals surface area contributed by atoms with Crippen LogP contribution >= 0.6 is 11.3 Å². The molecule has 2 aliphatic heterocycles. The molecule has 164 valence electrons. The van der Waals surface area contributed by atoms with Gasteiger partial charge in [-0.05, 0) is 41.6 Å². The molecule has 0 bridgehead atoms. The van der Waals surface area contributed by atoms with E-state index in [9.17, 15) is 9.59 Å². The molecule has 0 aliphatic carbocycles. The van der Waals surface area contributed by atoms with Crippen LogP contribution in [0.3, 0.4) is 0 Å². The van der Waals surface area contributed by atoms with E-state index in [1.165, 1.54) is 16.2 Å². The maximum Gasteiger partial charge on any atom is 0.278 e. The zero-order valence-electron chi connectivity index (χ0n) is 17.5. The van der Waals surface area contributed by atoms with Gasteiger partial charge < -0.3 is 19.8 Å². The molecule has 7 nitrogen and oxygen atoms in total. The average molecular weight is 458 g/mol. The van der Waals surface area contributed by atoms with Gasteiger partial charge in [0.1, 0.15) is 5.70 Å². The highest BCUT2D eigenvalue weighted by Gasteiger charge is 2.39. The number of ether oxygens (including phenoxy) is 2. The summed E-state index contributed by atoms with van der Waals surface area (Å²) in [6, 6.07) is 17.1. The number of carbonyl (C=O) groups is 2. The molecule has 2 aliphatic rings. The summed E-state index contributed by atoms with van der Waals surface area (Å²) < 4.78 is 10.8. The molecule has 0 unspecified atom stereocenters. The molecule has 2 N–H and O–H groups in total. The van der Waals surface area contributed by atoms with Gasteiger partial charge in [-0.2, -0.15) is 0 Å². The molecule has 2 aromatic heterocycles. The lowest BCUT2D eigenvalue weighted by atomic mass is 10.1. The van der Waals surface area contributed by atoms with Gasteiger partial charge in [-0.1, -0.05) is 24.3 Å². The number of anilines is 1. The van der Waals surface area contributed by atoms with Crippen molar-refractivity contribution in [3.63, 3.8) is 0 Å². The Hall–Kier alpha value is -4.04. The summed E-state index contributed by atoms with van der Waals surface area (Å²) in [7, 11) is 0. The highest BCUT2D eigenvalue weighted by Crippen LogP contribution is 2.37. The second kappa shape index (κ2) is 7.83. The predicted molar refractivity (Wildman–Crippen MR) is 126 cm³/mol. The number of rotatable bonds is 6. The van der Waals surface area contributed by atoms with E-state index in [1.54, 1.807) is 18.2 Å². The Labute approximate surface area is 193 Å². The summed E-state index contributed by atoms with van der Waals surface area (Å²) in [6.45, 7) is 0.460. The first-order chi connectivity index (χ1) is 16.2. The summed E-state index contributed by atoms with van der Waals surface area (Å²) in [4.78, 5) is 32.1. The maximum absolute atomic E-state index is 13.4. The standard InChI is InChI=1S/C25H19N3O4S/c29-24-22(21-6-3-11-33-21)23(27-16-7-8-19-20(12-16)32-14-31-19)25(30)28(24)10-9-15-13-26-18-5-2-1-4-17(15)18/h1-8,11-13,26-27H,9-10,14H2. The molecule has 2 aromatic carbocycles. The lowest BCUT2D eigenvalue weighted by Gasteiger charge is -2.15. The Kier molecular flexibility index (Phi) is 4.66. The van der Waals surface area contributed by atoms with Gasteiger partial charge in [-0.3, -0.25) is 14.5 Å². The third-order valence-corrected chi connectivity index (χ3v) is 6.74. The fraction of sp³-hybridized carbons (Fsp3) is 0.120. The Morgan fingerprint density at radius 3 is 2.76 bits per heavy atom. The van der Waals surface area contributed by atoms with E-state index in [-0.39, 0.29) is 24.3 Å². The van der Waals surface area contributed by atoms with Crippen LogP contribution in [0.4, 0.5) is 5.69 Å². The first kappa shape index (κ1) is 19.6. The third-order valence-electron chi connectivity index (χ3n) is 5.86. The van der Waals surface area contributed by atoms with Crippen LogP contribution in [0, 0.1) is 0 Å². The van der Waals surface area contributed by atoms with Crippen molar-refractivity contribution in [1.29, 1.82) is 0 Å². The van der Waals surface area contributed by atoms with E-state index in [1.807, 2.05) is 48.0 Å². The SMILES string of the molecule is O=C1C(Nc2ccc3c(c2)OCO3)=C(c2cccs2)C(=O)N1CCc1c[nH]c2ccccc12. The summed E-state index contributed by atoms with van der Waals surface area (Å²) in [6.07, 6.45) is 2.51. The van der Waals surface area contributed by atoms with Crippen LogP contribution in [-0.4, -0.2) is 35.0 Å². The van der Waals surface area contributed by atoms with Crippen LogP contribution in [-0.2, 0) is 16.0 Å². The molecular weight excluding hydrogens is 438 g/mol. The van der Waals surface area contributed by atoms with E-state index in [0.29, 0.717) is 35.7 Å². The van der Waals surface area contributed by atoms with Crippen molar-refractivity contribution in [3.8, 4) is 11.5 Å². The van der Waals surface area contributed by atoms with Crippen LogP contribution in [0.5, 0.6) is 11.5 Å². The second-order valence-corrected chi connectivity index (χ2v) is 8.74. The number of carbonyl (C=O) groups excluding carboxylic acids is 2. The van der Waals surface area contributed by atoms with Crippen molar-refractivity contribution in [3.05, 3.63) is 82.3 Å². The number of fused-ring (bicyclic) bond motifs is 2. The highest BCUT2D eigenvalue weighted by atomic mass is 32.1. The predicted octanol–water partition coefficient (Wildman–Crippen LogP) is 4.39. The van der Waals surface area contributed by atoms with Gasteiger partial charge in [0.15, 0.2) is 11.5 Å². The number of imide groups is 1. The van der Waals surface area contributed by atoms with Gasteiger partial charge in [0, 0.05) is 40.3 Å². The smallest absolute Gasteiger partial charge is 0.278 e. The van der Waals surface area contributed by atoms with Gasteiger partial charge in [-0.15, -0.1) is 11.3 Å². The van der Waals surface area contributed by atoms with E-state index < -0.39 is 0 Å². The van der Waals surface area contributed by atoms with Crippen LogP contribution in [0.2, 0.25) is 0 Å².